The molecule has 0 unspecified atom stereocenters. The quantitative estimate of drug-likeness (QED) is 0.841. The van der Waals surface area contributed by atoms with Crippen LogP contribution in [0.4, 0.5) is 9.18 Å². The van der Waals surface area contributed by atoms with E-state index < -0.39 is 15.8 Å². The first-order valence-electron chi connectivity index (χ1n) is 5.87. The topological polar surface area (TPSA) is 78.5 Å². The van der Waals surface area contributed by atoms with Crippen molar-refractivity contribution in [2.24, 2.45) is 0 Å². The third-order valence-electron chi connectivity index (χ3n) is 2.82. The average molecular weight is 322 g/mol. The number of rotatable bonds is 5. The molecule has 9 heteroatoms. The van der Waals surface area contributed by atoms with E-state index in [9.17, 15) is 17.6 Å². The number of benzene rings is 1. The SMILES string of the molecule is O=C1NCCN1CCNS(=O)(=O)c1ccc(F)c(Cl)c1. The molecule has 1 heterocycles. The molecule has 20 heavy (non-hydrogen) atoms. The molecule has 0 aliphatic carbocycles. The van der Waals surface area contributed by atoms with E-state index in [1.54, 1.807) is 0 Å². The van der Waals surface area contributed by atoms with E-state index in [1.807, 2.05) is 0 Å². The summed E-state index contributed by atoms with van der Waals surface area (Å²) in [5.41, 5.74) is 0. The molecule has 0 saturated carbocycles. The van der Waals surface area contributed by atoms with Gasteiger partial charge in [-0.15, -0.1) is 0 Å². The fourth-order valence-corrected chi connectivity index (χ4v) is 3.06. The third-order valence-corrected chi connectivity index (χ3v) is 4.57. The number of halogens is 2. The number of carbonyl (C=O) groups excluding carboxylic acids is 1. The van der Waals surface area contributed by atoms with E-state index >= 15 is 0 Å². The predicted octanol–water partition coefficient (Wildman–Crippen LogP) is 0.783. The molecular weight excluding hydrogens is 309 g/mol. The van der Waals surface area contributed by atoms with Crippen molar-refractivity contribution in [3.63, 3.8) is 0 Å². The van der Waals surface area contributed by atoms with Crippen molar-refractivity contribution in [1.29, 1.82) is 0 Å². The van der Waals surface area contributed by atoms with Gasteiger partial charge in [-0.25, -0.2) is 22.3 Å². The summed E-state index contributed by atoms with van der Waals surface area (Å²) in [6.45, 7) is 1.44. The van der Waals surface area contributed by atoms with Gasteiger partial charge >= 0.3 is 6.03 Å². The number of amides is 2. The smallest absolute Gasteiger partial charge is 0.317 e. The molecule has 0 spiro atoms. The van der Waals surface area contributed by atoms with Crippen molar-refractivity contribution in [2.75, 3.05) is 26.2 Å². The van der Waals surface area contributed by atoms with Crippen molar-refractivity contribution >= 4 is 27.7 Å². The fraction of sp³-hybridized carbons (Fsp3) is 0.364. The highest BCUT2D eigenvalue weighted by Gasteiger charge is 2.20. The first-order chi connectivity index (χ1) is 9.40. The van der Waals surface area contributed by atoms with Gasteiger partial charge < -0.3 is 10.2 Å². The molecule has 0 atom stereocenters. The van der Waals surface area contributed by atoms with E-state index in [-0.39, 0.29) is 29.0 Å². The van der Waals surface area contributed by atoms with Gasteiger partial charge in [-0.1, -0.05) is 11.6 Å². The highest BCUT2D eigenvalue weighted by molar-refractivity contribution is 7.89. The normalized spacial score (nSPS) is 15.5. The number of carbonyl (C=O) groups is 1. The summed E-state index contributed by atoms with van der Waals surface area (Å²) >= 11 is 5.55. The second-order valence-electron chi connectivity index (χ2n) is 4.19. The van der Waals surface area contributed by atoms with Crippen LogP contribution in [0.25, 0.3) is 0 Å². The molecule has 1 fully saturated rings. The van der Waals surface area contributed by atoms with Gasteiger partial charge in [-0.05, 0) is 18.2 Å². The van der Waals surface area contributed by atoms with Crippen molar-refractivity contribution < 1.29 is 17.6 Å². The molecule has 1 aromatic carbocycles. The minimum atomic E-state index is -3.77. The Morgan fingerprint density at radius 3 is 2.80 bits per heavy atom. The van der Waals surface area contributed by atoms with Crippen molar-refractivity contribution in [3.05, 3.63) is 29.0 Å². The van der Waals surface area contributed by atoms with E-state index in [4.69, 9.17) is 11.6 Å². The lowest BCUT2D eigenvalue weighted by Gasteiger charge is -2.14. The number of hydrogen-bond donors (Lipinski definition) is 2. The highest BCUT2D eigenvalue weighted by atomic mass is 35.5. The van der Waals surface area contributed by atoms with Gasteiger partial charge in [0, 0.05) is 26.2 Å². The monoisotopic (exact) mass is 321 g/mol. The fourth-order valence-electron chi connectivity index (χ4n) is 1.77. The first kappa shape index (κ1) is 15.0. The maximum atomic E-state index is 13.0. The van der Waals surface area contributed by atoms with Crippen LogP contribution in [0.3, 0.4) is 0 Å². The predicted molar refractivity (Wildman–Crippen MR) is 71.6 cm³/mol. The maximum absolute atomic E-state index is 13.0. The zero-order valence-electron chi connectivity index (χ0n) is 10.4. The number of urea groups is 1. The summed E-state index contributed by atoms with van der Waals surface area (Å²) in [6.07, 6.45) is 0. The summed E-state index contributed by atoms with van der Waals surface area (Å²) in [4.78, 5) is 12.6. The largest absolute Gasteiger partial charge is 0.336 e. The zero-order chi connectivity index (χ0) is 14.8. The summed E-state index contributed by atoms with van der Waals surface area (Å²) in [5, 5.41) is 2.36. The minimum absolute atomic E-state index is 0.0742. The lowest BCUT2D eigenvalue weighted by molar-refractivity contribution is 0.218. The van der Waals surface area contributed by atoms with Crippen molar-refractivity contribution in [3.8, 4) is 0 Å². The minimum Gasteiger partial charge on any atom is -0.336 e. The van der Waals surface area contributed by atoms with Crippen LogP contribution in [0.2, 0.25) is 5.02 Å². The molecule has 6 nitrogen and oxygen atoms in total. The van der Waals surface area contributed by atoms with Crippen molar-refractivity contribution in [2.45, 2.75) is 4.90 Å². The number of hydrogen-bond acceptors (Lipinski definition) is 3. The molecule has 2 rings (SSSR count). The number of nitrogens with zero attached hydrogens (tertiary/aromatic N) is 1. The van der Waals surface area contributed by atoms with Crippen LogP contribution in [0.5, 0.6) is 0 Å². The van der Waals surface area contributed by atoms with Crippen LogP contribution < -0.4 is 10.0 Å². The number of sulfonamides is 1. The molecular formula is C11H13ClFN3O3S. The number of nitrogens with one attached hydrogen (secondary N) is 2. The van der Waals surface area contributed by atoms with E-state index in [2.05, 4.69) is 10.0 Å². The first-order valence-corrected chi connectivity index (χ1v) is 7.74. The third kappa shape index (κ3) is 3.38. The van der Waals surface area contributed by atoms with Gasteiger partial charge in [0.1, 0.15) is 5.82 Å². The summed E-state index contributed by atoms with van der Waals surface area (Å²) in [7, 11) is -3.77. The van der Waals surface area contributed by atoms with E-state index in [0.717, 1.165) is 18.2 Å². The molecule has 1 saturated heterocycles. The highest BCUT2D eigenvalue weighted by Crippen LogP contribution is 2.19. The van der Waals surface area contributed by atoms with Crippen LogP contribution >= 0.6 is 11.6 Å². The molecule has 110 valence electrons. The Bertz CT molecular complexity index is 623. The Kier molecular flexibility index (Phi) is 4.46. The van der Waals surface area contributed by atoms with Crippen LogP contribution in [-0.2, 0) is 10.0 Å². The molecule has 1 aromatic rings. The Hall–Kier alpha value is -1.38. The summed E-state index contributed by atoms with van der Waals surface area (Å²) in [6, 6.07) is 2.95. The Morgan fingerprint density at radius 2 is 2.20 bits per heavy atom. The standard InChI is InChI=1S/C11H13ClFN3O3S/c12-9-7-8(1-2-10(9)13)20(18,19)15-4-6-16-5-3-14-11(16)17/h1-2,7,15H,3-6H2,(H,14,17). The molecule has 2 N–H and O–H groups in total. The van der Waals surface area contributed by atoms with Gasteiger partial charge in [0.25, 0.3) is 0 Å². The van der Waals surface area contributed by atoms with E-state index in [0.29, 0.717) is 13.1 Å². The lowest BCUT2D eigenvalue weighted by Crippen LogP contribution is -2.36. The van der Waals surface area contributed by atoms with Crippen LogP contribution in [0, 0.1) is 5.82 Å². The van der Waals surface area contributed by atoms with Gasteiger partial charge in [0.05, 0.1) is 9.92 Å². The molecule has 0 aromatic heterocycles. The Balaban J connectivity index is 1.96. The molecule has 1 aliphatic heterocycles. The second-order valence-corrected chi connectivity index (χ2v) is 6.37. The molecule has 0 radical (unpaired) electrons. The summed E-state index contributed by atoms with van der Waals surface area (Å²) in [5.74, 6) is -0.681. The van der Waals surface area contributed by atoms with Gasteiger partial charge in [-0.2, -0.15) is 0 Å². The molecule has 1 aliphatic rings. The Labute approximate surface area is 121 Å². The summed E-state index contributed by atoms with van der Waals surface area (Å²) < 4.78 is 39.2. The second kappa shape index (κ2) is 5.94. The van der Waals surface area contributed by atoms with Crippen LogP contribution in [-0.4, -0.2) is 45.5 Å². The Morgan fingerprint density at radius 1 is 1.45 bits per heavy atom. The molecule has 0 bridgehead atoms. The lowest BCUT2D eigenvalue weighted by atomic mass is 10.3. The average Bonchev–Trinajstić information content (AvgIpc) is 2.78. The maximum Gasteiger partial charge on any atom is 0.317 e. The van der Waals surface area contributed by atoms with Crippen molar-refractivity contribution in [1.82, 2.24) is 14.9 Å². The zero-order valence-corrected chi connectivity index (χ0v) is 12.0. The van der Waals surface area contributed by atoms with Gasteiger partial charge in [0.15, 0.2) is 0 Å². The van der Waals surface area contributed by atoms with Gasteiger partial charge in [0.2, 0.25) is 10.0 Å². The van der Waals surface area contributed by atoms with Gasteiger partial charge in [-0.3, -0.25) is 0 Å². The molecule has 2 amide bonds. The van der Waals surface area contributed by atoms with Crippen LogP contribution in [0.15, 0.2) is 23.1 Å². The van der Waals surface area contributed by atoms with Crippen LogP contribution in [0.1, 0.15) is 0 Å². The van der Waals surface area contributed by atoms with E-state index in [1.165, 1.54) is 4.90 Å².